The first-order valence-electron chi connectivity index (χ1n) is 8.16. The Balaban J connectivity index is 1.57. The summed E-state index contributed by atoms with van der Waals surface area (Å²) in [4.78, 5) is 27.3. The van der Waals surface area contributed by atoms with Gasteiger partial charge in [0.15, 0.2) is 11.5 Å². The second-order valence-corrected chi connectivity index (χ2v) is 5.85. The smallest absolute Gasteiger partial charge is 0.409 e. The van der Waals surface area contributed by atoms with Crippen molar-refractivity contribution in [3.8, 4) is 11.5 Å². The van der Waals surface area contributed by atoms with Gasteiger partial charge in [-0.15, -0.1) is 0 Å². The van der Waals surface area contributed by atoms with Gasteiger partial charge in [0, 0.05) is 32.6 Å². The van der Waals surface area contributed by atoms with Crippen LogP contribution in [0.1, 0.15) is 12.0 Å². The van der Waals surface area contributed by atoms with Crippen LogP contribution in [0.25, 0.3) is 0 Å². The van der Waals surface area contributed by atoms with Crippen LogP contribution < -0.4 is 9.47 Å². The average molecular weight is 334 g/mol. The molecule has 7 heteroatoms. The molecule has 2 aliphatic rings. The van der Waals surface area contributed by atoms with Crippen molar-refractivity contribution >= 4 is 12.0 Å². The molecular formula is C17H22N2O5. The number of amides is 2. The minimum absolute atomic E-state index is 0.0500. The lowest BCUT2D eigenvalue weighted by Gasteiger charge is -2.33. The van der Waals surface area contributed by atoms with Crippen molar-refractivity contribution in [2.45, 2.75) is 12.8 Å². The third-order valence-electron chi connectivity index (χ3n) is 4.23. The Bertz CT molecular complexity index is 611. The fourth-order valence-corrected chi connectivity index (χ4v) is 2.87. The SMILES string of the molecule is COC(=O)N1CCN(C(=O)Cc2ccc3c(c2)OCCCO3)CC1. The van der Waals surface area contributed by atoms with Gasteiger partial charge in [-0.3, -0.25) is 4.79 Å². The van der Waals surface area contributed by atoms with Gasteiger partial charge in [-0.2, -0.15) is 0 Å². The van der Waals surface area contributed by atoms with E-state index in [0.29, 0.717) is 51.6 Å². The van der Waals surface area contributed by atoms with E-state index in [4.69, 9.17) is 14.2 Å². The van der Waals surface area contributed by atoms with Crippen LogP contribution >= 0.6 is 0 Å². The lowest BCUT2D eigenvalue weighted by molar-refractivity contribution is -0.132. The number of benzene rings is 1. The number of methoxy groups -OCH3 is 1. The van der Waals surface area contributed by atoms with Gasteiger partial charge in [0.1, 0.15) is 0 Å². The Morgan fingerprint density at radius 1 is 1.04 bits per heavy atom. The summed E-state index contributed by atoms with van der Waals surface area (Å²) in [6.07, 6.45) is 0.826. The second kappa shape index (κ2) is 7.42. The maximum atomic E-state index is 12.5. The Labute approximate surface area is 141 Å². The number of piperazine rings is 1. The van der Waals surface area contributed by atoms with Crippen LogP contribution in [0.3, 0.4) is 0 Å². The summed E-state index contributed by atoms with van der Waals surface area (Å²) in [7, 11) is 1.37. The maximum absolute atomic E-state index is 12.5. The zero-order valence-corrected chi connectivity index (χ0v) is 13.8. The summed E-state index contributed by atoms with van der Waals surface area (Å²) in [5.41, 5.74) is 0.902. The number of rotatable bonds is 2. The van der Waals surface area contributed by atoms with E-state index in [0.717, 1.165) is 17.7 Å². The molecule has 1 aromatic carbocycles. The maximum Gasteiger partial charge on any atom is 0.409 e. The molecule has 130 valence electrons. The molecule has 0 N–H and O–H groups in total. The molecule has 0 atom stereocenters. The van der Waals surface area contributed by atoms with Crippen molar-refractivity contribution in [1.82, 2.24) is 9.80 Å². The Morgan fingerprint density at radius 2 is 1.71 bits per heavy atom. The lowest BCUT2D eigenvalue weighted by Crippen LogP contribution is -2.50. The van der Waals surface area contributed by atoms with Crippen molar-refractivity contribution in [1.29, 1.82) is 0 Å². The van der Waals surface area contributed by atoms with Gasteiger partial charge in [-0.25, -0.2) is 4.79 Å². The molecule has 24 heavy (non-hydrogen) atoms. The minimum atomic E-state index is -0.343. The van der Waals surface area contributed by atoms with E-state index >= 15 is 0 Å². The number of carbonyl (C=O) groups excluding carboxylic acids is 2. The van der Waals surface area contributed by atoms with Crippen LogP contribution in [-0.4, -0.2) is 68.3 Å². The summed E-state index contributed by atoms with van der Waals surface area (Å²) in [6, 6.07) is 5.64. The van der Waals surface area contributed by atoms with Gasteiger partial charge in [0.2, 0.25) is 5.91 Å². The molecule has 0 saturated carbocycles. The van der Waals surface area contributed by atoms with E-state index in [2.05, 4.69) is 0 Å². The van der Waals surface area contributed by atoms with Crippen LogP contribution in [0.15, 0.2) is 18.2 Å². The molecule has 1 fully saturated rings. The molecule has 0 aliphatic carbocycles. The lowest BCUT2D eigenvalue weighted by atomic mass is 10.1. The predicted molar refractivity (Wildman–Crippen MR) is 86.3 cm³/mol. The van der Waals surface area contributed by atoms with Gasteiger partial charge in [-0.05, 0) is 17.7 Å². The Hall–Kier alpha value is -2.44. The molecule has 2 aliphatic heterocycles. The van der Waals surface area contributed by atoms with Gasteiger partial charge < -0.3 is 24.0 Å². The molecule has 7 nitrogen and oxygen atoms in total. The summed E-state index contributed by atoms with van der Waals surface area (Å²) >= 11 is 0. The summed E-state index contributed by atoms with van der Waals surface area (Å²) in [6.45, 7) is 3.33. The third-order valence-corrected chi connectivity index (χ3v) is 4.23. The largest absolute Gasteiger partial charge is 0.490 e. The fraction of sp³-hybridized carbons (Fsp3) is 0.529. The molecule has 3 rings (SSSR count). The molecule has 0 aromatic heterocycles. The average Bonchev–Trinajstić information content (AvgIpc) is 2.86. The van der Waals surface area contributed by atoms with E-state index in [1.807, 2.05) is 18.2 Å². The van der Waals surface area contributed by atoms with E-state index < -0.39 is 0 Å². The van der Waals surface area contributed by atoms with Crippen LogP contribution in [0, 0.1) is 0 Å². The molecule has 2 amide bonds. The first-order chi connectivity index (χ1) is 11.7. The summed E-state index contributed by atoms with van der Waals surface area (Å²) in [5.74, 6) is 1.48. The quantitative estimate of drug-likeness (QED) is 0.815. The van der Waals surface area contributed by atoms with Crippen molar-refractivity contribution in [3.05, 3.63) is 23.8 Å². The zero-order valence-electron chi connectivity index (χ0n) is 13.8. The molecule has 1 aromatic rings. The minimum Gasteiger partial charge on any atom is -0.490 e. The van der Waals surface area contributed by atoms with Gasteiger partial charge >= 0.3 is 6.09 Å². The first-order valence-corrected chi connectivity index (χ1v) is 8.16. The van der Waals surface area contributed by atoms with Gasteiger partial charge in [-0.1, -0.05) is 6.07 Å². The molecular weight excluding hydrogens is 312 g/mol. The second-order valence-electron chi connectivity index (χ2n) is 5.85. The van der Waals surface area contributed by atoms with Crippen molar-refractivity contribution < 1.29 is 23.8 Å². The van der Waals surface area contributed by atoms with Crippen molar-refractivity contribution in [2.75, 3.05) is 46.5 Å². The normalized spacial score (nSPS) is 17.2. The highest BCUT2D eigenvalue weighted by Gasteiger charge is 2.24. The van der Waals surface area contributed by atoms with Crippen LogP contribution in [0.5, 0.6) is 11.5 Å². The summed E-state index contributed by atoms with van der Waals surface area (Å²) in [5, 5.41) is 0. The third kappa shape index (κ3) is 3.72. The van der Waals surface area contributed by atoms with Crippen molar-refractivity contribution in [3.63, 3.8) is 0 Å². The number of ether oxygens (including phenoxy) is 3. The number of fused-ring (bicyclic) bond motifs is 1. The number of hydrogen-bond donors (Lipinski definition) is 0. The standard InChI is InChI=1S/C17H22N2O5/c1-22-17(21)19-7-5-18(6-8-19)16(20)12-13-3-4-14-15(11-13)24-10-2-9-23-14/h3-4,11H,2,5-10,12H2,1H3. The van der Waals surface area contributed by atoms with Crippen LogP contribution in [-0.2, 0) is 16.0 Å². The topological polar surface area (TPSA) is 68.3 Å². The van der Waals surface area contributed by atoms with Gasteiger partial charge in [0.25, 0.3) is 0 Å². The van der Waals surface area contributed by atoms with E-state index in [1.165, 1.54) is 7.11 Å². The molecule has 0 bridgehead atoms. The fourth-order valence-electron chi connectivity index (χ4n) is 2.87. The molecule has 0 radical (unpaired) electrons. The predicted octanol–water partition coefficient (Wildman–Crippen LogP) is 1.30. The Kier molecular flexibility index (Phi) is 5.08. The van der Waals surface area contributed by atoms with E-state index in [-0.39, 0.29) is 12.0 Å². The van der Waals surface area contributed by atoms with Crippen LogP contribution in [0.2, 0.25) is 0 Å². The first kappa shape index (κ1) is 16.4. The summed E-state index contributed by atoms with van der Waals surface area (Å²) < 4.78 is 16.0. The monoisotopic (exact) mass is 334 g/mol. The van der Waals surface area contributed by atoms with Crippen molar-refractivity contribution in [2.24, 2.45) is 0 Å². The molecule has 2 heterocycles. The highest BCUT2D eigenvalue weighted by atomic mass is 16.5. The van der Waals surface area contributed by atoms with E-state index in [9.17, 15) is 9.59 Å². The Morgan fingerprint density at radius 3 is 2.42 bits per heavy atom. The van der Waals surface area contributed by atoms with Gasteiger partial charge in [0.05, 0.1) is 26.7 Å². The molecule has 0 unspecified atom stereocenters. The van der Waals surface area contributed by atoms with E-state index in [1.54, 1.807) is 9.80 Å². The molecule has 0 spiro atoms. The highest BCUT2D eigenvalue weighted by molar-refractivity contribution is 5.79. The number of nitrogens with zero attached hydrogens (tertiary/aromatic N) is 2. The molecule has 1 saturated heterocycles. The van der Waals surface area contributed by atoms with Crippen LogP contribution in [0.4, 0.5) is 4.79 Å². The highest BCUT2D eigenvalue weighted by Crippen LogP contribution is 2.30. The number of carbonyl (C=O) groups is 2. The zero-order chi connectivity index (χ0) is 16.9. The number of hydrogen-bond acceptors (Lipinski definition) is 5.